The van der Waals surface area contributed by atoms with Gasteiger partial charge in [-0.25, -0.2) is 0 Å². The fourth-order valence-corrected chi connectivity index (χ4v) is 11.2. The maximum Gasteiger partial charge on any atom is 0.224 e. The SMILES string of the molecule is CCCCCC1CCC(c2ccc(N3C(=N[C@@H](C=O)Cc4ccccc4)c4c(c(C(=O)C(=N)Cc5ccccc5)n(-c5ccc(C6CCC(CCCCC)CC6)cc5)c4O)C3O)cc2)CC1. The van der Waals surface area contributed by atoms with Crippen LogP contribution in [0, 0.1) is 17.2 Å². The highest BCUT2D eigenvalue weighted by molar-refractivity contribution is 6.46. The molecule has 0 radical (unpaired) electrons. The van der Waals surface area contributed by atoms with Crippen LogP contribution >= 0.6 is 0 Å². The largest absolute Gasteiger partial charge is 0.494 e. The molecular formula is C58H70N4O4. The number of hydrogen-bond acceptors (Lipinski definition) is 6. The fraction of sp³-hybridized carbons (Fsp3) is 0.448. The van der Waals surface area contributed by atoms with Crippen molar-refractivity contribution in [3.63, 3.8) is 0 Å². The summed E-state index contributed by atoms with van der Waals surface area (Å²) in [4.78, 5) is 34.5. The highest BCUT2D eigenvalue weighted by Gasteiger charge is 2.45. The number of nitrogens with zero attached hydrogens (tertiary/aromatic N) is 3. The lowest BCUT2D eigenvalue weighted by Crippen LogP contribution is -2.32. The number of unbranched alkanes of at least 4 members (excludes halogenated alkanes) is 4. The van der Waals surface area contributed by atoms with E-state index in [2.05, 4.69) is 38.1 Å². The molecule has 2 aliphatic carbocycles. The van der Waals surface area contributed by atoms with Crippen molar-refractivity contribution in [2.24, 2.45) is 16.8 Å². The van der Waals surface area contributed by atoms with Crippen LogP contribution in [0.2, 0.25) is 0 Å². The number of carbonyl (C=O) groups is 2. The zero-order chi connectivity index (χ0) is 46.0. The Balaban J connectivity index is 1.16. The predicted molar refractivity (Wildman–Crippen MR) is 268 cm³/mol. The van der Waals surface area contributed by atoms with Crippen molar-refractivity contribution >= 4 is 29.3 Å². The van der Waals surface area contributed by atoms with Crippen LogP contribution in [-0.4, -0.2) is 44.4 Å². The molecule has 1 aliphatic heterocycles. The number of aromatic nitrogens is 1. The number of benzene rings is 4. The van der Waals surface area contributed by atoms with Gasteiger partial charge in [0.15, 0.2) is 6.23 Å². The molecule has 1 aromatic heterocycles. The van der Waals surface area contributed by atoms with Gasteiger partial charge in [0.25, 0.3) is 0 Å². The number of aliphatic hydroxyl groups is 1. The van der Waals surface area contributed by atoms with Crippen LogP contribution in [0.15, 0.2) is 114 Å². The zero-order valence-electron chi connectivity index (χ0n) is 39.2. The molecule has 5 aromatic rings. The van der Waals surface area contributed by atoms with Crippen molar-refractivity contribution in [1.82, 2.24) is 4.57 Å². The third kappa shape index (κ3) is 10.7. The van der Waals surface area contributed by atoms with Gasteiger partial charge in [0, 0.05) is 29.8 Å². The Morgan fingerprint density at radius 1 is 0.697 bits per heavy atom. The molecule has 1 unspecified atom stereocenters. The van der Waals surface area contributed by atoms with Crippen molar-refractivity contribution in [3.8, 4) is 11.6 Å². The molecule has 4 aromatic carbocycles. The van der Waals surface area contributed by atoms with E-state index in [4.69, 9.17) is 4.99 Å². The molecule has 346 valence electrons. The fourth-order valence-electron chi connectivity index (χ4n) is 11.2. The molecule has 0 bridgehead atoms. The van der Waals surface area contributed by atoms with E-state index in [-0.39, 0.29) is 40.7 Å². The second-order valence-corrected chi connectivity index (χ2v) is 19.5. The Morgan fingerprint density at radius 2 is 1.20 bits per heavy atom. The van der Waals surface area contributed by atoms with E-state index >= 15 is 0 Å². The van der Waals surface area contributed by atoms with Crippen molar-refractivity contribution in [2.45, 2.75) is 154 Å². The number of carbonyl (C=O) groups excluding carboxylic acids is 2. The lowest BCUT2D eigenvalue weighted by Gasteiger charge is -2.30. The topological polar surface area (TPSA) is 119 Å². The van der Waals surface area contributed by atoms with E-state index < -0.39 is 18.1 Å². The normalized spacial score (nSPS) is 21.7. The summed E-state index contributed by atoms with van der Waals surface area (Å²) >= 11 is 0. The highest BCUT2D eigenvalue weighted by atomic mass is 16.3. The first kappa shape index (κ1) is 46.9. The third-order valence-electron chi connectivity index (χ3n) is 15.0. The number of anilines is 1. The monoisotopic (exact) mass is 887 g/mol. The van der Waals surface area contributed by atoms with Crippen LogP contribution in [-0.2, 0) is 17.6 Å². The van der Waals surface area contributed by atoms with Gasteiger partial charge in [-0.1, -0.05) is 150 Å². The molecule has 0 amide bonds. The maximum absolute atomic E-state index is 14.9. The number of fused-ring (bicyclic) bond motifs is 1. The Bertz CT molecular complexity index is 2410. The minimum Gasteiger partial charge on any atom is -0.494 e. The van der Waals surface area contributed by atoms with Gasteiger partial charge >= 0.3 is 0 Å². The first-order valence-electron chi connectivity index (χ1n) is 25.2. The summed E-state index contributed by atoms with van der Waals surface area (Å²) in [5, 5.41) is 34.5. The average Bonchev–Trinajstić information content (AvgIpc) is 3.82. The number of aliphatic imine (C=N–C) groups is 1. The Kier molecular flexibility index (Phi) is 15.8. The molecule has 2 heterocycles. The summed E-state index contributed by atoms with van der Waals surface area (Å²) < 4.78 is 1.49. The Labute approximate surface area is 392 Å². The van der Waals surface area contributed by atoms with Crippen LogP contribution in [0.5, 0.6) is 5.88 Å². The molecule has 3 N–H and O–H groups in total. The maximum atomic E-state index is 14.9. The molecule has 2 saturated carbocycles. The number of aliphatic hydroxyl groups excluding tert-OH is 1. The predicted octanol–water partition coefficient (Wildman–Crippen LogP) is 13.4. The van der Waals surface area contributed by atoms with Crippen molar-refractivity contribution < 1.29 is 19.8 Å². The molecule has 2 fully saturated rings. The van der Waals surface area contributed by atoms with Crippen LogP contribution in [0.3, 0.4) is 0 Å². The Hall–Kier alpha value is -5.60. The summed E-state index contributed by atoms with van der Waals surface area (Å²) in [6, 6.07) is 34.6. The van der Waals surface area contributed by atoms with Crippen molar-refractivity contribution in [2.75, 3.05) is 4.90 Å². The van der Waals surface area contributed by atoms with Gasteiger partial charge in [-0.2, -0.15) is 0 Å². The van der Waals surface area contributed by atoms with Gasteiger partial charge < -0.3 is 20.4 Å². The minimum atomic E-state index is -1.45. The van der Waals surface area contributed by atoms with E-state index in [1.54, 1.807) is 4.90 Å². The summed E-state index contributed by atoms with van der Waals surface area (Å²) in [6.45, 7) is 4.52. The summed E-state index contributed by atoms with van der Waals surface area (Å²) in [7, 11) is 0. The van der Waals surface area contributed by atoms with Gasteiger partial charge in [0.2, 0.25) is 11.7 Å². The highest BCUT2D eigenvalue weighted by Crippen LogP contribution is 2.47. The van der Waals surface area contributed by atoms with Gasteiger partial charge in [-0.15, -0.1) is 0 Å². The molecule has 0 saturated heterocycles. The number of amidine groups is 1. The number of aldehydes is 1. The van der Waals surface area contributed by atoms with Crippen LogP contribution in [0.4, 0.5) is 5.69 Å². The molecule has 66 heavy (non-hydrogen) atoms. The van der Waals surface area contributed by atoms with Gasteiger partial charge in [-0.05, 0) is 122 Å². The molecule has 8 rings (SSSR count). The standard InChI is InChI=1S/C58H70N4O4/c1-3-5-9-15-40-21-25-44(26-22-40)46-29-33-49(34-30-46)61-54(55(64)51(59)38-43-19-13-8-14-20-43)52-53(58(61)66)56(60-48(39-63)37-42-17-11-7-12-18-42)62(57(52)65)50-35-31-47(32-36-50)45-27-23-41(24-28-45)16-10-6-4-2/h7-8,11-14,17-20,29-36,39-41,44-45,48,57,59,65-66H,3-6,9-10,15-16,21-28,37-38H2,1-2H3/t40?,41?,44?,45?,48-,57?/m1/s1. The lowest BCUT2D eigenvalue weighted by atomic mass is 9.77. The van der Waals surface area contributed by atoms with E-state index in [9.17, 15) is 25.2 Å². The van der Waals surface area contributed by atoms with E-state index in [1.165, 1.54) is 92.7 Å². The molecule has 0 spiro atoms. The molecule has 2 atom stereocenters. The summed E-state index contributed by atoms with van der Waals surface area (Å²) in [5.41, 5.74) is 5.62. The molecule has 8 nitrogen and oxygen atoms in total. The number of nitrogens with one attached hydrogen (secondary N) is 1. The second kappa shape index (κ2) is 22.3. The van der Waals surface area contributed by atoms with E-state index in [0.717, 1.165) is 54.9 Å². The van der Waals surface area contributed by atoms with E-state index in [0.29, 0.717) is 29.6 Å². The number of rotatable bonds is 20. The van der Waals surface area contributed by atoms with Gasteiger partial charge in [0.1, 0.15) is 23.9 Å². The number of Topliss-reactive ketones (excluding diaryl/α,β-unsaturated/α-hetero) is 1. The Morgan fingerprint density at radius 3 is 1.70 bits per heavy atom. The van der Waals surface area contributed by atoms with Crippen LogP contribution < -0.4 is 4.90 Å². The van der Waals surface area contributed by atoms with Gasteiger partial charge in [0.05, 0.1) is 11.3 Å². The second-order valence-electron chi connectivity index (χ2n) is 19.5. The summed E-state index contributed by atoms with van der Waals surface area (Å²) in [6.07, 6.45) is 19.6. The van der Waals surface area contributed by atoms with Gasteiger partial charge in [-0.3, -0.25) is 19.3 Å². The molecular weight excluding hydrogens is 817 g/mol. The summed E-state index contributed by atoms with van der Waals surface area (Å²) in [5.74, 6) is 1.84. The van der Waals surface area contributed by atoms with Crippen molar-refractivity contribution in [3.05, 3.63) is 148 Å². The quantitative estimate of drug-likeness (QED) is 0.0311. The average molecular weight is 887 g/mol. The lowest BCUT2D eigenvalue weighted by molar-refractivity contribution is -0.108. The number of aromatic hydroxyl groups is 1. The number of hydrogen-bond donors (Lipinski definition) is 3. The third-order valence-corrected chi connectivity index (χ3v) is 15.0. The molecule has 8 heteroatoms. The van der Waals surface area contributed by atoms with E-state index in [1.807, 2.05) is 84.9 Å². The first-order valence-corrected chi connectivity index (χ1v) is 25.2. The van der Waals surface area contributed by atoms with Crippen molar-refractivity contribution in [1.29, 1.82) is 5.41 Å². The smallest absolute Gasteiger partial charge is 0.224 e. The minimum absolute atomic E-state index is 0.0181. The first-order chi connectivity index (χ1) is 32.3. The molecule has 3 aliphatic rings. The zero-order valence-corrected chi connectivity index (χ0v) is 39.2. The van der Waals surface area contributed by atoms with Crippen LogP contribution in [0.1, 0.15) is 179 Å². The van der Waals surface area contributed by atoms with Crippen LogP contribution in [0.25, 0.3) is 5.69 Å². The number of ketones is 1.